The molecule has 2 N–H and O–H groups in total. The number of likely N-dealkylation sites (tertiary alicyclic amines) is 1. The Kier molecular flexibility index (Phi) is 3.88. The molecule has 0 amide bonds. The molecule has 1 saturated heterocycles. The van der Waals surface area contributed by atoms with E-state index in [0.29, 0.717) is 12.0 Å². The Hall–Kier alpha value is 0.580. The molecule has 1 aromatic rings. The molecule has 5 heteroatoms. The second kappa shape index (κ2) is 4.84. The maximum absolute atomic E-state index is 5.82. The quantitative estimate of drug-likeness (QED) is 0.884. The van der Waals surface area contributed by atoms with Gasteiger partial charge in [0.15, 0.2) is 0 Å². The SMILES string of the molecule is CN1CCC(CN)C1c1cc(Br)c(Br)s1. The third-order valence-corrected chi connectivity index (χ3v) is 6.36. The van der Waals surface area contributed by atoms with Gasteiger partial charge in [0.05, 0.1) is 3.79 Å². The Morgan fingerprint density at radius 1 is 1.60 bits per heavy atom. The molecule has 2 nitrogen and oxygen atoms in total. The first-order valence-corrected chi connectivity index (χ1v) is 7.38. The van der Waals surface area contributed by atoms with Crippen molar-refractivity contribution in [1.82, 2.24) is 4.90 Å². The minimum absolute atomic E-state index is 0.502. The largest absolute Gasteiger partial charge is 0.330 e. The van der Waals surface area contributed by atoms with Gasteiger partial charge in [-0.2, -0.15) is 0 Å². The van der Waals surface area contributed by atoms with Crippen LogP contribution in [0.2, 0.25) is 0 Å². The Morgan fingerprint density at radius 2 is 2.33 bits per heavy atom. The minimum Gasteiger partial charge on any atom is -0.330 e. The van der Waals surface area contributed by atoms with Gasteiger partial charge in [-0.15, -0.1) is 11.3 Å². The van der Waals surface area contributed by atoms with E-state index in [2.05, 4.69) is 49.9 Å². The lowest BCUT2D eigenvalue weighted by molar-refractivity contribution is 0.284. The summed E-state index contributed by atoms with van der Waals surface area (Å²) in [7, 11) is 2.18. The maximum atomic E-state index is 5.82. The molecule has 15 heavy (non-hydrogen) atoms. The van der Waals surface area contributed by atoms with E-state index in [4.69, 9.17) is 5.73 Å². The molecule has 0 aliphatic carbocycles. The van der Waals surface area contributed by atoms with Gasteiger partial charge < -0.3 is 5.73 Å². The molecular weight excluding hydrogens is 340 g/mol. The smallest absolute Gasteiger partial charge is 0.0843 e. The van der Waals surface area contributed by atoms with Crippen LogP contribution in [0.3, 0.4) is 0 Å². The summed E-state index contributed by atoms with van der Waals surface area (Å²) in [6, 6.07) is 2.71. The van der Waals surface area contributed by atoms with Crippen LogP contribution in [0, 0.1) is 5.92 Å². The number of hydrogen-bond donors (Lipinski definition) is 1. The minimum atomic E-state index is 0.502. The van der Waals surface area contributed by atoms with Crippen LogP contribution in [0.25, 0.3) is 0 Å². The van der Waals surface area contributed by atoms with Crippen molar-refractivity contribution < 1.29 is 0 Å². The molecule has 2 unspecified atom stereocenters. The van der Waals surface area contributed by atoms with Gasteiger partial charge in [-0.25, -0.2) is 0 Å². The average molecular weight is 354 g/mol. The molecule has 1 aliphatic rings. The average Bonchev–Trinajstić information content (AvgIpc) is 2.71. The Balaban J connectivity index is 2.28. The standard InChI is InChI=1S/C10H14Br2N2S/c1-14-3-2-6(5-13)9(14)8-4-7(11)10(12)15-8/h4,6,9H,2-3,5,13H2,1H3. The van der Waals surface area contributed by atoms with Crippen molar-refractivity contribution in [1.29, 1.82) is 0 Å². The fraction of sp³-hybridized carbons (Fsp3) is 0.600. The summed E-state index contributed by atoms with van der Waals surface area (Å²) in [6.45, 7) is 1.93. The summed E-state index contributed by atoms with van der Waals surface area (Å²) < 4.78 is 2.33. The summed E-state index contributed by atoms with van der Waals surface area (Å²) in [5.41, 5.74) is 5.82. The molecule has 0 radical (unpaired) electrons. The van der Waals surface area contributed by atoms with E-state index < -0.39 is 0 Å². The van der Waals surface area contributed by atoms with Gasteiger partial charge in [0.1, 0.15) is 0 Å². The van der Waals surface area contributed by atoms with Gasteiger partial charge >= 0.3 is 0 Å². The summed E-state index contributed by atoms with van der Waals surface area (Å²) >= 11 is 8.89. The zero-order valence-electron chi connectivity index (χ0n) is 8.54. The monoisotopic (exact) mass is 352 g/mol. The lowest BCUT2D eigenvalue weighted by Crippen LogP contribution is -2.24. The van der Waals surface area contributed by atoms with Crippen LogP contribution in [-0.2, 0) is 0 Å². The highest BCUT2D eigenvalue weighted by atomic mass is 79.9. The van der Waals surface area contributed by atoms with Crippen LogP contribution in [0.4, 0.5) is 0 Å². The van der Waals surface area contributed by atoms with Crippen molar-refractivity contribution in [2.24, 2.45) is 11.7 Å². The van der Waals surface area contributed by atoms with Crippen LogP contribution in [0.5, 0.6) is 0 Å². The number of hydrogen-bond acceptors (Lipinski definition) is 3. The molecule has 0 aromatic carbocycles. The summed E-state index contributed by atoms with van der Waals surface area (Å²) in [6.07, 6.45) is 1.21. The fourth-order valence-electron chi connectivity index (χ4n) is 2.23. The molecule has 0 spiro atoms. The highest BCUT2D eigenvalue weighted by Gasteiger charge is 2.33. The zero-order chi connectivity index (χ0) is 11.0. The first kappa shape index (κ1) is 12.0. The molecule has 2 atom stereocenters. The third-order valence-electron chi connectivity index (χ3n) is 3.03. The number of nitrogens with two attached hydrogens (primary N) is 1. The van der Waals surface area contributed by atoms with Gasteiger partial charge in [0.25, 0.3) is 0 Å². The molecule has 0 bridgehead atoms. The van der Waals surface area contributed by atoms with E-state index in [0.717, 1.165) is 17.6 Å². The Morgan fingerprint density at radius 3 is 2.87 bits per heavy atom. The predicted octanol–water partition coefficient (Wildman–Crippen LogP) is 3.22. The molecule has 2 rings (SSSR count). The molecule has 1 fully saturated rings. The summed E-state index contributed by atoms with van der Waals surface area (Å²) in [5.74, 6) is 0.604. The van der Waals surface area contributed by atoms with Crippen molar-refractivity contribution in [3.8, 4) is 0 Å². The van der Waals surface area contributed by atoms with Crippen LogP contribution in [0.1, 0.15) is 17.3 Å². The molecule has 0 saturated carbocycles. The molecule has 1 aliphatic heterocycles. The van der Waals surface area contributed by atoms with Crippen molar-refractivity contribution in [3.05, 3.63) is 19.2 Å². The first-order valence-electron chi connectivity index (χ1n) is 4.98. The molecule has 84 valence electrons. The first-order chi connectivity index (χ1) is 7.13. The van der Waals surface area contributed by atoms with Gasteiger partial charge in [-0.1, -0.05) is 0 Å². The zero-order valence-corrected chi connectivity index (χ0v) is 12.5. The predicted molar refractivity (Wildman–Crippen MR) is 72.3 cm³/mol. The van der Waals surface area contributed by atoms with Gasteiger partial charge in [-0.3, -0.25) is 4.90 Å². The van der Waals surface area contributed by atoms with E-state index in [9.17, 15) is 0 Å². The van der Waals surface area contributed by atoms with Gasteiger partial charge in [-0.05, 0) is 70.4 Å². The topological polar surface area (TPSA) is 29.3 Å². The van der Waals surface area contributed by atoms with Crippen molar-refractivity contribution >= 4 is 43.2 Å². The van der Waals surface area contributed by atoms with Crippen LogP contribution in [0.15, 0.2) is 14.3 Å². The van der Waals surface area contributed by atoms with E-state index in [-0.39, 0.29) is 0 Å². The Labute approximate surface area is 111 Å². The number of halogens is 2. The Bertz CT molecular complexity index is 334. The normalized spacial score (nSPS) is 27.5. The van der Waals surface area contributed by atoms with Crippen molar-refractivity contribution in [2.75, 3.05) is 20.1 Å². The second-order valence-corrected chi connectivity index (χ2v) is 7.24. The number of thiophene rings is 1. The number of nitrogens with zero attached hydrogens (tertiary/aromatic N) is 1. The summed E-state index contributed by atoms with van der Waals surface area (Å²) in [4.78, 5) is 3.81. The lowest BCUT2D eigenvalue weighted by Gasteiger charge is -2.22. The van der Waals surface area contributed by atoms with E-state index in [1.165, 1.54) is 15.1 Å². The molecule has 2 heterocycles. The summed E-state index contributed by atoms with van der Waals surface area (Å²) in [5, 5.41) is 0. The van der Waals surface area contributed by atoms with Crippen molar-refractivity contribution in [2.45, 2.75) is 12.5 Å². The van der Waals surface area contributed by atoms with Crippen LogP contribution < -0.4 is 5.73 Å². The second-order valence-electron chi connectivity index (χ2n) is 3.98. The van der Waals surface area contributed by atoms with E-state index >= 15 is 0 Å². The van der Waals surface area contributed by atoms with E-state index in [1.54, 1.807) is 0 Å². The highest BCUT2D eigenvalue weighted by Crippen LogP contribution is 2.43. The highest BCUT2D eigenvalue weighted by molar-refractivity contribution is 9.13. The van der Waals surface area contributed by atoms with Crippen LogP contribution >= 0.6 is 43.2 Å². The fourth-order valence-corrected chi connectivity index (χ4v) is 4.58. The maximum Gasteiger partial charge on any atom is 0.0843 e. The van der Waals surface area contributed by atoms with E-state index in [1.807, 2.05) is 11.3 Å². The lowest BCUT2D eigenvalue weighted by atomic mass is 9.99. The van der Waals surface area contributed by atoms with Crippen LogP contribution in [-0.4, -0.2) is 25.0 Å². The molecular formula is C10H14Br2N2S. The number of rotatable bonds is 2. The van der Waals surface area contributed by atoms with Gasteiger partial charge in [0.2, 0.25) is 0 Å². The third kappa shape index (κ3) is 2.31. The van der Waals surface area contributed by atoms with Gasteiger partial charge in [0, 0.05) is 15.4 Å². The molecule has 1 aromatic heterocycles. The van der Waals surface area contributed by atoms with Crippen molar-refractivity contribution in [3.63, 3.8) is 0 Å².